The molecular weight excluding hydrogens is 412 g/mol. The molecule has 0 bridgehead atoms. The number of thiazole rings is 1. The number of nitrogens with one attached hydrogen (secondary N) is 2. The average Bonchev–Trinajstić information content (AvgIpc) is 3.20. The van der Waals surface area contributed by atoms with E-state index in [0.29, 0.717) is 24.4 Å². The van der Waals surface area contributed by atoms with Crippen LogP contribution in [0.3, 0.4) is 0 Å². The number of amides is 4. The second-order valence-electron chi connectivity index (χ2n) is 9.48. The molecule has 4 amide bonds. The van der Waals surface area contributed by atoms with Gasteiger partial charge in [-0.1, -0.05) is 27.2 Å². The summed E-state index contributed by atoms with van der Waals surface area (Å²) in [6.07, 6.45) is 4.16. The lowest BCUT2D eigenvalue weighted by molar-refractivity contribution is -0.135. The van der Waals surface area contributed by atoms with E-state index >= 15 is 0 Å². The molecule has 1 aromatic heterocycles. The Bertz CT molecular complexity index is 1040. The highest BCUT2D eigenvalue weighted by Crippen LogP contribution is 2.45. The molecule has 8 heteroatoms. The van der Waals surface area contributed by atoms with Crippen LogP contribution in [0.25, 0.3) is 10.2 Å². The highest BCUT2D eigenvalue weighted by Gasteiger charge is 2.53. The van der Waals surface area contributed by atoms with Gasteiger partial charge in [0.05, 0.1) is 15.2 Å². The van der Waals surface area contributed by atoms with Crippen LogP contribution in [0.15, 0.2) is 18.2 Å². The van der Waals surface area contributed by atoms with E-state index in [-0.39, 0.29) is 23.8 Å². The third kappa shape index (κ3) is 4.05. The van der Waals surface area contributed by atoms with Crippen molar-refractivity contribution in [2.75, 3.05) is 11.9 Å². The first-order valence-electron chi connectivity index (χ1n) is 10.9. The van der Waals surface area contributed by atoms with Gasteiger partial charge in [-0.3, -0.25) is 14.5 Å². The van der Waals surface area contributed by atoms with Gasteiger partial charge in [-0.05, 0) is 62.1 Å². The van der Waals surface area contributed by atoms with Gasteiger partial charge in [-0.25, -0.2) is 9.78 Å². The maximum absolute atomic E-state index is 13.1. The average molecular weight is 443 g/mol. The number of nitrogens with zero attached hydrogens (tertiary/aromatic N) is 2. The van der Waals surface area contributed by atoms with E-state index in [1.807, 2.05) is 19.1 Å². The molecule has 166 valence electrons. The normalized spacial score (nSPS) is 24.1. The Morgan fingerprint density at radius 2 is 2.03 bits per heavy atom. The molecular formula is C23H30N4O3S. The number of benzene rings is 1. The summed E-state index contributed by atoms with van der Waals surface area (Å²) in [5.74, 6) is -0.119. The van der Waals surface area contributed by atoms with Gasteiger partial charge in [-0.15, -0.1) is 11.3 Å². The molecule has 2 heterocycles. The van der Waals surface area contributed by atoms with Crippen molar-refractivity contribution in [3.63, 3.8) is 0 Å². The standard InChI is InChI=1S/C23H30N4O3S/c1-5-22(3,4)15-8-10-23(11-9-15)20(29)27(21(30)26-23)13-19(28)25-16-6-7-17-18(12-16)31-14(2)24-17/h6-7,12,15H,5,8-11,13H2,1-4H3,(H,25,28)(H,26,30). The monoisotopic (exact) mass is 442 g/mol. The summed E-state index contributed by atoms with van der Waals surface area (Å²) >= 11 is 1.55. The highest BCUT2D eigenvalue weighted by molar-refractivity contribution is 7.18. The zero-order chi connectivity index (χ0) is 22.4. The summed E-state index contributed by atoms with van der Waals surface area (Å²) < 4.78 is 0.982. The molecule has 1 spiro atoms. The van der Waals surface area contributed by atoms with Gasteiger partial charge in [0.25, 0.3) is 5.91 Å². The molecule has 1 saturated carbocycles. The fourth-order valence-corrected chi connectivity index (χ4v) is 5.67. The van der Waals surface area contributed by atoms with E-state index in [1.54, 1.807) is 17.4 Å². The fraction of sp³-hybridized carbons (Fsp3) is 0.565. The molecule has 2 fully saturated rings. The summed E-state index contributed by atoms with van der Waals surface area (Å²) in [4.78, 5) is 43.8. The van der Waals surface area contributed by atoms with Gasteiger partial charge in [-0.2, -0.15) is 0 Å². The topological polar surface area (TPSA) is 91.4 Å². The number of imide groups is 1. The van der Waals surface area contributed by atoms with Crippen molar-refractivity contribution in [1.29, 1.82) is 0 Å². The number of aromatic nitrogens is 1. The molecule has 2 aliphatic rings. The van der Waals surface area contributed by atoms with Crippen LogP contribution >= 0.6 is 11.3 Å². The largest absolute Gasteiger partial charge is 0.325 e. The van der Waals surface area contributed by atoms with Crippen LogP contribution in [-0.4, -0.2) is 39.8 Å². The van der Waals surface area contributed by atoms with Crippen molar-refractivity contribution in [3.05, 3.63) is 23.2 Å². The molecule has 7 nitrogen and oxygen atoms in total. The van der Waals surface area contributed by atoms with Gasteiger partial charge in [0.15, 0.2) is 0 Å². The van der Waals surface area contributed by atoms with Gasteiger partial charge in [0.2, 0.25) is 5.91 Å². The van der Waals surface area contributed by atoms with Gasteiger partial charge in [0, 0.05) is 5.69 Å². The molecule has 1 saturated heterocycles. The summed E-state index contributed by atoms with van der Waals surface area (Å²) in [6, 6.07) is 5.03. The van der Waals surface area contributed by atoms with E-state index < -0.39 is 11.6 Å². The lowest BCUT2D eigenvalue weighted by Gasteiger charge is -2.42. The van der Waals surface area contributed by atoms with Crippen molar-refractivity contribution >= 4 is 45.1 Å². The summed E-state index contributed by atoms with van der Waals surface area (Å²) in [5.41, 5.74) is 0.894. The first kappa shape index (κ1) is 21.7. The maximum Gasteiger partial charge on any atom is 0.325 e. The quantitative estimate of drug-likeness (QED) is 0.669. The van der Waals surface area contributed by atoms with E-state index in [9.17, 15) is 14.4 Å². The van der Waals surface area contributed by atoms with Crippen molar-refractivity contribution in [2.45, 2.75) is 65.3 Å². The third-order valence-electron chi connectivity index (χ3n) is 7.18. The Kier molecular flexibility index (Phi) is 5.54. The number of aryl methyl sites for hydroxylation is 1. The summed E-state index contributed by atoms with van der Waals surface area (Å²) in [5, 5.41) is 6.67. The van der Waals surface area contributed by atoms with Crippen LogP contribution in [0.2, 0.25) is 0 Å². The molecule has 2 aromatic rings. The van der Waals surface area contributed by atoms with Crippen LogP contribution in [-0.2, 0) is 9.59 Å². The molecule has 1 aliphatic carbocycles. The Morgan fingerprint density at radius 1 is 1.32 bits per heavy atom. The van der Waals surface area contributed by atoms with Crippen molar-refractivity contribution in [3.8, 4) is 0 Å². The zero-order valence-electron chi connectivity index (χ0n) is 18.6. The molecule has 0 atom stereocenters. The number of anilines is 1. The van der Waals surface area contributed by atoms with Crippen molar-refractivity contribution in [1.82, 2.24) is 15.2 Å². The third-order valence-corrected chi connectivity index (χ3v) is 8.12. The number of carbonyl (C=O) groups is 3. The van der Waals surface area contributed by atoms with E-state index in [1.165, 1.54) is 0 Å². The Hall–Kier alpha value is -2.48. The number of hydrogen-bond acceptors (Lipinski definition) is 5. The Morgan fingerprint density at radius 3 is 2.71 bits per heavy atom. The van der Waals surface area contributed by atoms with Gasteiger partial charge in [0.1, 0.15) is 12.1 Å². The lowest BCUT2D eigenvalue weighted by Crippen LogP contribution is -2.51. The predicted octanol–water partition coefficient (Wildman–Crippen LogP) is 4.46. The van der Waals surface area contributed by atoms with E-state index in [4.69, 9.17) is 0 Å². The number of hydrogen-bond donors (Lipinski definition) is 2. The minimum absolute atomic E-state index is 0.227. The lowest BCUT2D eigenvalue weighted by atomic mass is 9.65. The number of carbonyl (C=O) groups excluding carboxylic acids is 3. The number of fused-ring (bicyclic) bond motifs is 1. The van der Waals surface area contributed by atoms with Crippen LogP contribution < -0.4 is 10.6 Å². The van der Waals surface area contributed by atoms with Crippen LogP contribution in [0.1, 0.15) is 57.9 Å². The van der Waals surface area contributed by atoms with Gasteiger partial charge >= 0.3 is 6.03 Å². The summed E-state index contributed by atoms with van der Waals surface area (Å²) in [6.45, 7) is 8.39. The molecule has 1 aliphatic heterocycles. The first-order chi connectivity index (χ1) is 14.6. The van der Waals surface area contributed by atoms with Crippen LogP contribution in [0.4, 0.5) is 10.5 Å². The Balaban J connectivity index is 1.40. The zero-order valence-corrected chi connectivity index (χ0v) is 19.4. The molecule has 0 radical (unpaired) electrons. The van der Waals surface area contributed by atoms with Crippen LogP contribution in [0, 0.1) is 18.3 Å². The second kappa shape index (κ2) is 7.89. The van der Waals surface area contributed by atoms with E-state index in [0.717, 1.165) is 39.4 Å². The maximum atomic E-state index is 13.1. The Labute approximate surface area is 186 Å². The molecule has 2 N–H and O–H groups in total. The number of urea groups is 1. The predicted molar refractivity (Wildman–Crippen MR) is 122 cm³/mol. The molecule has 4 rings (SSSR count). The number of rotatable bonds is 5. The van der Waals surface area contributed by atoms with Gasteiger partial charge < -0.3 is 10.6 Å². The fourth-order valence-electron chi connectivity index (χ4n) is 4.80. The molecule has 0 unspecified atom stereocenters. The van der Waals surface area contributed by atoms with Crippen molar-refractivity contribution < 1.29 is 14.4 Å². The van der Waals surface area contributed by atoms with Crippen LogP contribution in [0.5, 0.6) is 0 Å². The first-order valence-corrected chi connectivity index (χ1v) is 11.8. The molecule has 31 heavy (non-hydrogen) atoms. The smallest absolute Gasteiger partial charge is 0.324 e. The summed E-state index contributed by atoms with van der Waals surface area (Å²) in [7, 11) is 0. The van der Waals surface area contributed by atoms with E-state index in [2.05, 4.69) is 36.4 Å². The van der Waals surface area contributed by atoms with Crippen molar-refractivity contribution in [2.24, 2.45) is 11.3 Å². The minimum Gasteiger partial charge on any atom is -0.324 e. The highest BCUT2D eigenvalue weighted by atomic mass is 32.1. The SMILES string of the molecule is CCC(C)(C)C1CCC2(CC1)NC(=O)N(CC(=O)Nc1ccc3nc(C)sc3c1)C2=O. The second-order valence-corrected chi connectivity index (χ2v) is 10.7. The molecule has 1 aromatic carbocycles. The minimum atomic E-state index is -0.850.